The molecule has 21 heavy (non-hydrogen) atoms. The average molecular weight is 300 g/mol. The van der Waals surface area contributed by atoms with Crippen LogP contribution in [0.1, 0.15) is 26.7 Å². The molecule has 7 heteroatoms. The second-order valence-electron chi connectivity index (χ2n) is 4.92. The van der Waals surface area contributed by atoms with E-state index in [4.69, 9.17) is 5.11 Å². The maximum Gasteiger partial charge on any atom is 0.323 e. The molecule has 0 fully saturated rings. The van der Waals surface area contributed by atoms with Crippen LogP contribution in [0.4, 0.5) is 14.5 Å². The highest BCUT2D eigenvalue weighted by Crippen LogP contribution is 2.14. The summed E-state index contributed by atoms with van der Waals surface area (Å²) in [5.74, 6) is -3.66. The van der Waals surface area contributed by atoms with Crippen LogP contribution in [0.2, 0.25) is 0 Å². The van der Waals surface area contributed by atoms with E-state index in [-0.39, 0.29) is 12.2 Å². The molecule has 0 aromatic heterocycles. The van der Waals surface area contributed by atoms with Crippen molar-refractivity contribution < 1.29 is 23.5 Å². The predicted octanol–water partition coefficient (Wildman–Crippen LogP) is 2.14. The summed E-state index contributed by atoms with van der Waals surface area (Å²) in [6.07, 6.45) is 1.00. The lowest BCUT2D eigenvalue weighted by Gasteiger charge is -2.25. The van der Waals surface area contributed by atoms with Crippen LogP contribution >= 0.6 is 0 Å². The second-order valence-corrected chi connectivity index (χ2v) is 4.92. The lowest BCUT2D eigenvalue weighted by molar-refractivity contribution is -0.144. The Balaban J connectivity index is 2.61. The molecule has 3 N–H and O–H groups in total. The minimum atomic E-state index is -1.21. The topological polar surface area (TPSA) is 78.4 Å². The molecule has 1 rings (SSSR count). The van der Waals surface area contributed by atoms with Gasteiger partial charge in [-0.05, 0) is 25.5 Å². The van der Waals surface area contributed by atoms with Crippen LogP contribution in [0.15, 0.2) is 18.2 Å². The Hall–Kier alpha value is -2.02. The zero-order valence-electron chi connectivity index (χ0n) is 11.9. The SMILES string of the molecule is CCCC(C)(NCC(=O)Nc1ccc(F)c(F)c1)C(=O)O. The largest absolute Gasteiger partial charge is 0.480 e. The number of rotatable bonds is 7. The highest BCUT2D eigenvalue weighted by atomic mass is 19.2. The number of carbonyl (C=O) groups is 2. The van der Waals surface area contributed by atoms with Crippen molar-refractivity contribution in [3.8, 4) is 0 Å². The van der Waals surface area contributed by atoms with Crippen LogP contribution in [0.25, 0.3) is 0 Å². The van der Waals surface area contributed by atoms with E-state index in [0.29, 0.717) is 12.8 Å². The fourth-order valence-electron chi connectivity index (χ4n) is 1.83. The Kier molecular flexibility index (Phi) is 5.78. The third-order valence-electron chi connectivity index (χ3n) is 3.06. The van der Waals surface area contributed by atoms with E-state index >= 15 is 0 Å². The third-order valence-corrected chi connectivity index (χ3v) is 3.06. The maximum absolute atomic E-state index is 13.0. The van der Waals surface area contributed by atoms with E-state index in [1.165, 1.54) is 13.0 Å². The number of halogens is 2. The number of hydrogen-bond donors (Lipinski definition) is 3. The Bertz CT molecular complexity index is 537. The fourth-order valence-corrected chi connectivity index (χ4v) is 1.83. The molecule has 0 aliphatic rings. The summed E-state index contributed by atoms with van der Waals surface area (Å²) in [6.45, 7) is 3.08. The number of benzene rings is 1. The Labute approximate surface area is 121 Å². The molecule has 1 aromatic carbocycles. The van der Waals surface area contributed by atoms with E-state index in [1.54, 1.807) is 0 Å². The van der Waals surface area contributed by atoms with Gasteiger partial charge in [0.15, 0.2) is 11.6 Å². The number of carboxylic acids is 1. The molecule has 116 valence electrons. The lowest BCUT2D eigenvalue weighted by atomic mass is 9.96. The van der Waals surface area contributed by atoms with Crippen molar-refractivity contribution in [1.82, 2.24) is 5.32 Å². The van der Waals surface area contributed by atoms with Gasteiger partial charge in [-0.3, -0.25) is 14.9 Å². The molecule has 1 atom stereocenters. The van der Waals surface area contributed by atoms with Crippen LogP contribution in [0.3, 0.4) is 0 Å². The summed E-state index contributed by atoms with van der Waals surface area (Å²) in [4.78, 5) is 22.9. The van der Waals surface area contributed by atoms with Crippen molar-refractivity contribution in [3.05, 3.63) is 29.8 Å². The number of aliphatic carboxylic acids is 1. The fraction of sp³-hybridized carbons (Fsp3) is 0.429. The summed E-state index contributed by atoms with van der Waals surface area (Å²) in [5.41, 5.74) is -1.10. The van der Waals surface area contributed by atoms with Crippen molar-refractivity contribution >= 4 is 17.6 Å². The van der Waals surface area contributed by atoms with E-state index in [0.717, 1.165) is 12.1 Å². The zero-order chi connectivity index (χ0) is 16.0. The Morgan fingerprint density at radius 1 is 1.29 bits per heavy atom. The summed E-state index contributed by atoms with van der Waals surface area (Å²) in [7, 11) is 0. The van der Waals surface area contributed by atoms with Crippen LogP contribution in [0.5, 0.6) is 0 Å². The molecule has 1 amide bonds. The summed E-state index contributed by atoms with van der Waals surface area (Å²) < 4.78 is 25.7. The minimum Gasteiger partial charge on any atom is -0.480 e. The summed E-state index contributed by atoms with van der Waals surface area (Å²) in [5, 5.41) is 14.2. The number of anilines is 1. The Morgan fingerprint density at radius 3 is 2.48 bits per heavy atom. The molecular weight excluding hydrogens is 282 g/mol. The molecule has 0 radical (unpaired) electrons. The average Bonchev–Trinajstić information content (AvgIpc) is 2.41. The quantitative estimate of drug-likeness (QED) is 0.721. The van der Waals surface area contributed by atoms with E-state index in [9.17, 15) is 18.4 Å². The second kappa shape index (κ2) is 7.12. The molecule has 0 saturated heterocycles. The first-order valence-electron chi connectivity index (χ1n) is 6.52. The number of hydrogen-bond acceptors (Lipinski definition) is 3. The van der Waals surface area contributed by atoms with E-state index in [2.05, 4.69) is 10.6 Å². The number of carbonyl (C=O) groups excluding carboxylic acids is 1. The predicted molar refractivity (Wildman–Crippen MR) is 73.9 cm³/mol. The molecule has 1 aromatic rings. The van der Waals surface area contributed by atoms with Gasteiger partial charge in [0, 0.05) is 11.8 Å². The molecule has 0 aliphatic carbocycles. The monoisotopic (exact) mass is 300 g/mol. The van der Waals surface area contributed by atoms with Gasteiger partial charge in [-0.1, -0.05) is 13.3 Å². The number of carboxylic acid groups (broad SMARTS) is 1. The van der Waals surface area contributed by atoms with Gasteiger partial charge in [0.05, 0.1) is 6.54 Å². The molecule has 0 saturated carbocycles. The maximum atomic E-state index is 13.0. The van der Waals surface area contributed by atoms with Gasteiger partial charge >= 0.3 is 5.97 Å². The Morgan fingerprint density at radius 2 is 1.95 bits per heavy atom. The van der Waals surface area contributed by atoms with Gasteiger partial charge in [-0.2, -0.15) is 0 Å². The first-order valence-corrected chi connectivity index (χ1v) is 6.52. The molecule has 0 spiro atoms. The number of amides is 1. The normalized spacial score (nSPS) is 13.5. The first-order chi connectivity index (χ1) is 9.78. The molecule has 0 heterocycles. The van der Waals surface area contributed by atoms with Gasteiger partial charge < -0.3 is 10.4 Å². The summed E-state index contributed by atoms with van der Waals surface area (Å²) >= 11 is 0. The summed E-state index contributed by atoms with van der Waals surface area (Å²) in [6, 6.07) is 2.98. The van der Waals surface area contributed by atoms with Gasteiger partial charge in [0.25, 0.3) is 0 Å². The minimum absolute atomic E-state index is 0.105. The lowest BCUT2D eigenvalue weighted by Crippen LogP contribution is -2.51. The van der Waals surface area contributed by atoms with Crippen molar-refractivity contribution in [2.75, 3.05) is 11.9 Å². The molecule has 0 aliphatic heterocycles. The molecule has 1 unspecified atom stereocenters. The third kappa shape index (κ3) is 4.78. The molecule has 5 nitrogen and oxygen atoms in total. The smallest absolute Gasteiger partial charge is 0.323 e. The highest BCUT2D eigenvalue weighted by Gasteiger charge is 2.31. The van der Waals surface area contributed by atoms with Crippen molar-refractivity contribution in [2.24, 2.45) is 0 Å². The van der Waals surface area contributed by atoms with E-state index < -0.39 is 29.0 Å². The number of nitrogens with one attached hydrogen (secondary N) is 2. The zero-order valence-corrected chi connectivity index (χ0v) is 11.9. The van der Waals surface area contributed by atoms with Crippen LogP contribution in [-0.2, 0) is 9.59 Å². The van der Waals surface area contributed by atoms with Gasteiger partial charge in [-0.15, -0.1) is 0 Å². The first kappa shape index (κ1) is 17.0. The van der Waals surface area contributed by atoms with Gasteiger partial charge in [-0.25, -0.2) is 8.78 Å². The van der Waals surface area contributed by atoms with Crippen LogP contribution < -0.4 is 10.6 Å². The van der Waals surface area contributed by atoms with Crippen LogP contribution in [0, 0.1) is 11.6 Å². The van der Waals surface area contributed by atoms with Gasteiger partial charge in [0.1, 0.15) is 5.54 Å². The highest BCUT2D eigenvalue weighted by molar-refractivity contribution is 5.92. The van der Waals surface area contributed by atoms with Crippen molar-refractivity contribution in [3.63, 3.8) is 0 Å². The van der Waals surface area contributed by atoms with Gasteiger partial charge in [0.2, 0.25) is 5.91 Å². The van der Waals surface area contributed by atoms with Crippen molar-refractivity contribution in [2.45, 2.75) is 32.2 Å². The van der Waals surface area contributed by atoms with Crippen molar-refractivity contribution in [1.29, 1.82) is 0 Å². The van der Waals surface area contributed by atoms with E-state index in [1.807, 2.05) is 6.92 Å². The standard InChI is InChI=1S/C14H18F2N2O3/c1-3-6-14(2,13(20)21)17-8-12(19)18-9-4-5-10(15)11(16)7-9/h4-5,7,17H,3,6,8H2,1-2H3,(H,18,19)(H,20,21). The molecule has 0 bridgehead atoms. The van der Waals surface area contributed by atoms with Crippen LogP contribution in [-0.4, -0.2) is 29.1 Å². The molecular formula is C14H18F2N2O3.